The standard InChI is InChI=1S/C16H26N2O3/c1-17-9-6-16(15(17)20)5-2-8-18(10-7-16)14(19)13-3-11-21-12-4-13/h13H,2-12H2,1H3/t16-/m0/s1. The molecule has 21 heavy (non-hydrogen) atoms. The van der Waals surface area contributed by atoms with E-state index in [1.54, 1.807) is 0 Å². The molecule has 0 aliphatic carbocycles. The summed E-state index contributed by atoms with van der Waals surface area (Å²) in [5.74, 6) is 0.715. The van der Waals surface area contributed by atoms with Crippen LogP contribution >= 0.6 is 0 Å². The lowest BCUT2D eigenvalue weighted by Crippen LogP contribution is -2.40. The van der Waals surface area contributed by atoms with Gasteiger partial charge in [0.2, 0.25) is 11.8 Å². The van der Waals surface area contributed by atoms with Crippen molar-refractivity contribution in [2.75, 3.05) is 39.9 Å². The summed E-state index contributed by atoms with van der Waals surface area (Å²) in [6.45, 7) is 3.84. The second kappa shape index (κ2) is 5.95. The third-order valence-electron chi connectivity index (χ3n) is 5.55. The third kappa shape index (κ3) is 2.80. The Morgan fingerprint density at radius 3 is 2.52 bits per heavy atom. The van der Waals surface area contributed by atoms with Crippen molar-refractivity contribution >= 4 is 11.8 Å². The highest BCUT2D eigenvalue weighted by molar-refractivity contribution is 5.85. The molecule has 0 radical (unpaired) electrons. The summed E-state index contributed by atoms with van der Waals surface area (Å²) in [5, 5.41) is 0. The van der Waals surface area contributed by atoms with Crippen LogP contribution in [0.2, 0.25) is 0 Å². The van der Waals surface area contributed by atoms with Gasteiger partial charge in [0.1, 0.15) is 0 Å². The van der Waals surface area contributed by atoms with Crippen LogP contribution in [0.4, 0.5) is 0 Å². The topological polar surface area (TPSA) is 49.9 Å². The summed E-state index contributed by atoms with van der Waals surface area (Å²) in [6.07, 6.45) is 5.39. The Kier molecular flexibility index (Phi) is 4.20. The highest BCUT2D eigenvalue weighted by Gasteiger charge is 2.46. The van der Waals surface area contributed by atoms with Crippen LogP contribution in [0.3, 0.4) is 0 Å². The lowest BCUT2D eigenvalue weighted by atomic mass is 9.79. The van der Waals surface area contributed by atoms with E-state index in [2.05, 4.69) is 0 Å². The molecule has 0 aromatic carbocycles. The highest BCUT2D eigenvalue weighted by atomic mass is 16.5. The SMILES string of the molecule is CN1CC[C@]2(CCCN(C(=O)C3CCOCC3)CC2)C1=O. The van der Waals surface area contributed by atoms with E-state index < -0.39 is 0 Å². The Morgan fingerprint density at radius 1 is 1.14 bits per heavy atom. The first kappa shape index (κ1) is 14.8. The number of amides is 2. The minimum Gasteiger partial charge on any atom is -0.381 e. The number of ether oxygens (including phenoxy) is 1. The monoisotopic (exact) mass is 294 g/mol. The molecular formula is C16H26N2O3. The van der Waals surface area contributed by atoms with Crippen LogP contribution < -0.4 is 0 Å². The Bertz CT molecular complexity index is 420. The van der Waals surface area contributed by atoms with Gasteiger partial charge in [0.25, 0.3) is 0 Å². The lowest BCUT2D eigenvalue weighted by Gasteiger charge is -2.29. The van der Waals surface area contributed by atoms with E-state index in [4.69, 9.17) is 4.74 Å². The van der Waals surface area contributed by atoms with Crippen molar-refractivity contribution in [2.24, 2.45) is 11.3 Å². The van der Waals surface area contributed by atoms with Crippen LogP contribution in [-0.4, -0.2) is 61.5 Å². The Hall–Kier alpha value is -1.10. The van der Waals surface area contributed by atoms with E-state index in [0.717, 1.165) is 58.2 Å². The summed E-state index contributed by atoms with van der Waals surface area (Å²) in [7, 11) is 1.90. The van der Waals surface area contributed by atoms with E-state index >= 15 is 0 Å². The summed E-state index contributed by atoms with van der Waals surface area (Å²) >= 11 is 0. The lowest BCUT2D eigenvalue weighted by molar-refractivity contribution is -0.139. The van der Waals surface area contributed by atoms with Gasteiger partial charge >= 0.3 is 0 Å². The number of hydrogen-bond donors (Lipinski definition) is 0. The maximum atomic E-state index is 12.6. The van der Waals surface area contributed by atoms with Gasteiger partial charge in [-0.25, -0.2) is 0 Å². The van der Waals surface area contributed by atoms with Crippen LogP contribution in [0.25, 0.3) is 0 Å². The number of hydrogen-bond acceptors (Lipinski definition) is 3. The molecule has 3 aliphatic rings. The van der Waals surface area contributed by atoms with Crippen LogP contribution in [0.1, 0.15) is 38.5 Å². The number of nitrogens with zero attached hydrogens (tertiary/aromatic N) is 2. The molecule has 118 valence electrons. The molecule has 0 aromatic heterocycles. The Morgan fingerprint density at radius 2 is 1.86 bits per heavy atom. The molecule has 1 atom stereocenters. The van der Waals surface area contributed by atoms with Gasteiger partial charge in [-0.2, -0.15) is 0 Å². The van der Waals surface area contributed by atoms with Gasteiger partial charge in [-0.3, -0.25) is 9.59 Å². The largest absolute Gasteiger partial charge is 0.381 e. The van der Waals surface area contributed by atoms with E-state index in [9.17, 15) is 9.59 Å². The molecule has 3 heterocycles. The second-order valence-corrected chi connectivity index (χ2v) is 6.82. The second-order valence-electron chi connectivity index (χ2n) is 6.82. The van der Waals surface area contributed by atoms with E-state index in [-0.39, 0.29) is 17.2 Å². The first-order valence-electron chi connectivity index (χ1n) is 8.24. The predicted molar refractivity (Wildman–Crippen MR) is 78.7 cm³/mol. The number of likely N-dealkylation sites (tertiary alicyclic amines) is 2. The first-order valence-corrected chi connectivity index (χ1v) is 8.24. The van der Waals surface area contributed by atoms with Crippen LogP contribution in [0, 0.1) is 11.3 Å². The van der Waals surface area contributed by atoms with Gasteiger partial charge in [-0.05, 0) is 38.5 Å². The summed E-state index contributed by atoms with van der Waals surface area (Å²) in [4.78, 5) is 28.9. The quantitative estimate of drug-likeness (QED) is 0.732. The number of carbonyl (C=O) groups excluding carboxylic acids is 2. The van der Waals surface area contributed by atoms with Crippen molar-refractivity contribution in [1.29, 1.82) is 0 Å². The molecular weight excluding hydrogens is 268 g/mol. The summed E-state index contributed by atoms with van der Waals surface area (Å²) in [5.41, 5.74) is -0.181. The van der Waals surface area contributed by atoms with Crippen LogP contribution in [0.5, 0.6) is 0 Å². The van der Waals surface area contributed by atoms with Gasteiger partial charge in [0.15, 0.2) is 0 Å². The van der Waals surface area contributed by atoms with Gasteiger partial charge in [-0.15, -0.1) is 0 Å². The molecule has 0 bridgehead atoms. The Labute approximate surface area is 126 Å². The third-order valence-corrected chi connectivity index (χ3v) is 5.55. The van der Waals surface area contributed by atoms with Crippen molar-refractivity contribution in [1.82, 2.24) is 9.80 Å². The van der Waals surface area contributed by atoms with Crippen molar-refractivity contribution in [3.05, 3.63) is 0 Å². The molecule has 2 amide bonds. The zero-order chi connectivity index (χ0) is 14.9. The van der Waals surface area contributed by atoms with E-state index in [1.807, 2.05) is 16.8 Å². The minimum absolute atomic E-state index is 0.134. The maximum absolute atomic E-state index is 12.6. The molecule has 0 unspecified atom stereocenters. The van der Waals surface area contributed by atoms with Crippen molar-refractivity contribution < 1.29 is 14.3 Å². The van der Waals surface area contributed by atoms with Crippen molar-refractivity contribution in [2.45, 2.75) is 38.5 Å². The van der Waals surface area contributed by atoms with Gasteiger partial charge < -0.3 is 14.5 Å². The smallest absolute Gasteiger partial charge is 0.228 e. The molecule has 3 saturated heterocycles. The Balaban J connectivity index is 1.63. The summed E-state index contributed by atoms with van der Waals surface area (Å²) in [6, 6.07) is 0. The molecule has 5 nitrogen and oxygen atoms in total. The fourth-order valence-corrected chi connectivity index (χ4v) is 4.08. The van der Waals surface area contributed by atoms with E-state index in [1.165, 1.54) is 0 Å². The first-order chi connectivity index (χ1) is 10.1. The fraction of sp³-hybridized carbons (Fsp3) is 0.875. The molecule has 0 aromatic rings. The molecule has 0 N–H and O–H groups in total. The molecule has 3 rings (SSSR count). The normalized spacial score (nSPS) is 31.8. The predicted octanol–water partition coefficient (Wildman–Crippen LogP) is 1.27. The highest BCUT2D eigenvalue weighted by Crippen LogP contribution is 2.41. The zero-order valence-electron chi connectivity index (χ0n) is 13.0. The minimum atomic E-state index is -0.181. The van der Waals surface area contributed by atoms with Gasteiger partial charge in [0.05, 0.1) is 5.41 Å². The maximum Gasteiger partial charge on any atom is 0.228 e. The van der Waals surface area contributed by atoms with Gasteiger partial charge in [0, 0.05) is 45.8 Å². The molecule has 5 heteroatoms. The van der Waals surface area contributed by atoms with Crippen molar-refractivity contribution in [3.8, 4) is 0 Å². The molecule has 0 saturated carbocycles. The average molecular weight is 294 g/mol. The van der Waals surface area contributed by atoms with Crippen LogP contribution in [0.15, 0.2) is 0 Å². The zero-order valence-corrected chi connectivity index (χ0v) is 13.0. The van der Waals surface area contributed by atoms with Crippen LogP contribution in [-0.2, 0) is 14.3 Å². The van der Waals surface area contributed by atoms with Gasteiger partial charge in [-0.1, -0.05) is 0 Å². The average Bonchev–Trinajstić information content (AvgIpc) is 2.71. The number of rotatable bonds is 1. The summed E-state index contributed by atoms with van der Waals surface area (Å²) < 4.78 is 5.34. The number of carbonyl (C=O) groups is 2. The molecule has 3 fully saturated rings. The fourth-order valence-electron chi connectivity index (χ4n) is 4.08. The molecule has 3 aliphatic heterocycles. The molecule has 1 spiro atoms. The van der Waals surface area contributed by atoms with Crippen molar-refractivity contribution in [3.63, 3.8) is 0 Å². The van der Waals surface area contributed by atoms with E-state index in [0.29, 0.717) is 19.1 Å².